The quantitative estimate of drug-likeness (QED) is 0.824. The first kappa shape index (κ1) is 14.4. The van der Waals surface area contributed by atoms with Gasteiger partial charge in [0.1, 0.15) is 0 Å². The van der Waals surface area contributed by atoms with Gasteiger partial charge in [0.25, 0.3) is 0 Å². The van der Waals surface area contributed by atoms with E-state index in [1.54, 1.807) is 0 Å². The summed E-state index contributed by atoms with van der Waals surface area (Å²) in [6.45, 7) is 5.74. The van der Waals surface area contributed by atoms with Crippen LogP contribution in [0.1, 0.15) is 44.1 Å². The minimum absolute atomic E-state index is 0.365. The monoisotopic (exact) mass is 336 g/mol. The summed E-state index contributed by atoms with van der Waals surface area (Å²) in [5, 5.41) is 3.88. The zero-order chi connectivity index (χ0) is 14.0. The molecule has 0 unspecified atom stereocenters. The number of rotatable bonds is 1. The number of anilines is 1. The number of nitrogens with one attached hydrogen (secondary N) is 1. The lowest BCUT2D eigenvalue weighted by Crippen LogP contribution is -2.52. The van der Waals surface area contributed by atoms with Gasteiger partial charge in [0, 0.05) is 28.8 Å². The number of benzene rings is 1. The van der Waals surface area contributed by atoms with Gasteiger partial charge in [-0.3, -0.25) is 0 Å². The zero-order valence-corrected chi connectivity index (χ0v) is 14.0. The highest BCUT2D eigenvalue weighted by Gasteiger charge is 2.35. The Morgan fingerprint density at radius 3 is 2.75 bits per heavy atom. The molecule has 3 rings (SSSR count). The molecule has 0 atom stereocenters. The first-order valence-electron chi connectivity index (χ1n) is 7.95. The lowest BCUT2D eigenvalue weighted by molar-refractivity contribution is 0.246. The van der Waals surface area contributed by atoms with E-state index >= 15 is 0 Å². The van der Waals surface area contributed by atoms with Crippen LogP contribution in [0.15, 0.2) is 22.7 Å². The Hall–Kier alpha value is -0.540. The molecule has 0 bridgehead atoms. The van der Waals surface area contributed by atoms with Crippen LogP contribution in [0.2, 0.25) is 0 Å². The minimum Gasteiger partial charge on any atom is -0.369 e. The van der Waals surface area contributed by atoms with Crippen molar-refractivity contribution < 1.29 is 0 Å². The Bertz CT molecular complexity index is 466. The number of hydrogen-bond acceptors (Lipinski definition) is 2. The molecule has 1 saturated heterocycles. The van der Waals surface area contributed by atoms with Crippen molar-refractivity contribution in [1.29, 1.82) is 0 Å². The second-order valence-electron chi connectivity index (χ2n) is 6.47. The van der Waals surface area contributed by atoms with Crippen LogP contribution in [0.25, 0.3) is 0 Å². The summed E-state index contributed by atoms with van der Waals surface area (Å²) in [4.78, 5) is 2.62. The van der Waals surface area contributed by atoms with E-state index in [1.165, 1.54) is 73.9 Å². The third-order valence-electron chi connectivity index (χ3n) is 4.92. The van der Waals surface area contributed by atoms with Crippen LogP contribution in [0.3, 0.4) is 0 Å². The highest BCUT2D eigenvalue weighted by atomic mass is 79.9. The Morgan fingerprint density at radius 2 is 1.95 bits per heavy atom. The molecule has 1 aromatic rings. The molecule has 2 nitrogen and oxygen atoms in total. The van der Waals surface area contributed by atoms with Crippen molar-refractivity contribution in [2.24, 2.45) is 0 Å². The van der Waals surface area contributed by atoms with Gasteiger partial charge < -0.3 is 10.2 Å². The zero-order valence-electron chi connectivity index (χ0n) is 12.4. The van der Waals surface area contributed by atoms with E-state index in [0.717, 1.165) is 0 Å². The molecule has 1 aromatic carbocycles. The van der Waals surface area contributed by atoms with Crippen molar-refractivity contribution in [1.82, 2.24) is 5.32 Å². The summed E-state index contributed by atoms with van der Waals surface area (Å²) in [7, 11) is 0. The van der Waals surface area contributed by atoms with Crippen LogP contribution in [0.5, 0.6) is 0 Å². The molecule has 20 heavy (non-hydrogen) atoms. The van der Waals surface area contributed by atoms with Crippen molar-refractivity contribution in [2.45, 2.75) is 51.0 Å². The van der Waals surface area contributed by atoms with E-state index in [9.17, 15) is 0 Å². The average Bonchev–Trinajstić information content (AvgIpc) is 2.65. The highest BCUT2D eigenvalue weighted by Crippen LogP contribution is 2.33. The number of hydrogen-bond donors (Lipinski definition) is 1. The summed E-state index contributed by atoms with van der Waals surface area (Å²) >= 11 is 3.63. The molecule has 1 heterocycles. The molecule has 1 spiro atoms. The molecule has 110 valence electrons. The normalized spacial score (nSPS) is 22.8. The number of halogens is 1. The van der Waals surface area contributed by atoms with E-state index in [2.05, 4.69) is 51.3 Å². The molecular weight excluding hydrogens is 312 g/mol. The smallest absolute Gasteiger partial charge is 0.0407 e. The molecule has 0 amide bonds. The van der Waals surface area contributed by atoms with E-state index in [4.69, 9.17) is 0 Å². The molecule has 1 aliphatic heterocycles. The first-order chi connectivity index (χ1) is 9.69. The van der Waals surface area contributed by atoms with Crippen LogP contribution < -0.4 is 10.2 Å². The van der Waals surface area contributed by atoms with Gasteiger partial charge in [-0.2, -0.15) is 0 Å². The van der Waals surface area contributed by atoms with E-state index in [1.807, 2.05) is 0 Å². The maximum atomic E-state index is 3.88. The maximum absolute atomic E-state index is 3.88. The molecule has 2 fully saturated rings. The standard InChI is InChI=1S/C17H25BrN2/c1-14-6-7-15(18)12-16(14)20-11-5-10-19-17(13-20)8-3-2-4-9-17/h6-7,12,19H,2-5,8-11,13H2,1H3. The molecule has 3 heteroatoms. The fraction of sp³-hybridized carbons (Fsp3) is 0.647. The topological polar surface area (TPSA) is 15.3 Å². The van der Waals surface area contributed by atoms with Crippen LogP contribution in [-0.4, -0.2) is 25.2 Å². The summed E-state index contributed by atoms with van der Waals surface area (Å²) in [5.41, 5.74) is 3.16. The number of nitrogens with zero attached hydrogens (tertiary/aromatic N) is 1. The lowest BCUT2D eigenvalue weighted by atomic mass is 9.81. The van der Waals surface area contributed by atoms with Crippen LogP contribution >= 0.6 is 15.9 Å². The molecule has 1 N–H and O–H groups in total. The van der Waals surface area contributed by atoms with Gasteiger partial charge >= 0.3 is 0 Å². The molecule has 1 aliphatic carbocycles. The summed E-state index contributed by atoms with van der Waals surface area (Å²) < 4.78 is 1.19. The SMILES string of the molecule is Cc1ccc(Br)cc1N1CCCNC2(CCCCC2)C1. The van der Waals surface area contributed by atoms with Gasteiger partial charge in [-0.25, -0.2) is 0 Å². The van der Waals surface area contributed by atoms with Crippen LogP contribution in [0, 0.1) is 6.92 Å². The predicted molar refractivity (Wildman–Crippen MR) is 89.5 cm³/mol. The van der Waals surface area contributed by atoms with Gasteiger partial charge in [0.2, 0.25) is 0 Å². The molecule has 2 aliphatic rings. The van der Waals surface area contributed by atoms with Gasteiger partial charge in [-0.1, -0.05) is 41.3 Å². The lowest BCUT2D eigenvalue weighted by Gasteiger charge is -2.41. The third-order valence-corrected chi connectivity index (χ3v) is 5.41. The second-order valence-corrected chi connectivity index (χ2v) is 7.39. The summed E-state index contributed by atoms with van der Waals surface area (Å²) in [5.74, 6) is 0. The summed E-state index contributed by atoms with van der Waals surface area (Å²) in [6, 6.07) is 6.66. The van der Waals surface area contributed by atoms with E-state index < -0.39 is 0 Å². The molecular formula is C17H25BrN2. The average molecular weight is 337 g/mol. The van der Waals surface area contributed by atoms with Gasteiger partial charge in [0.15, 0.2) is 0 Å². The first-order valence-corrected chi connectivity index (χ1v) is 8.74. The molecule has 0 aromatic heterocycles. The number of aryl methyl sites for hydroxylation is 1. The van der Waals surface area contributed by atoms with E-state index in [-0.39, 0.29) is 0 Å². The minimum atomic E-state index is 0.365. The van der Waals surface area contributed by atoms with Crippen LogP contribution in [-0.2, 0) is 0 Å². The maximum Gasteiger partial charge on any atom is 0.0407 e. The summed E-state index contributed by atoms with van der Waals surface area (Å²) in [6.07, 6.45) is 8.12. The largest absolute Gasteiger partial charge is 0.369 e. The van der Waals surface area contributed by atoms with E-state index in [0.29, 0.717) is 5.54 Å². The van der Waals surface area contributed by atoms with Gasteiger partial charge in [-0.15, -0.1) is 0 Å². The van der Waals surface area contributed by atoms with Crippen molar-refractivity contribution in [3.63, 3.8) is 0 Å². The van der Waals surface area contributed by atoms with Crippen molar-refractivity contribution in [3.8, 4) is 0 Å². The molecule has 0 radical (unpaired) electrons. The fourth-order valence-electron chi connectivity index (χ4n) is 3.82. The Kier molecular flexibility index (Phi) is 4.37. The highest BCUT2D eigenvalue weighted by molar-refractivity contribution is 9.10. The Labute approximate surface area is 131 Å². The fourth-order valence-corrected chi connectivity index (χ4v) is 4.17. The Balaban J connectivity index is 1.86. The van der Waals surface area contributed by atoms with Gasteiger partial charge in [0.05, 0.1) is 0 Å². The van der Waals surface area contributed by atoms with Gasteiger partial charge in [-0.05, 0) is 50.4 Å². The predicted octanol–water partition coefficient (Wildman–Crippen LogP) is 4.26. The third kappa shape index (κ3) is 3.04. The van der Waals surface area contributed by atoms with Crippen molar-refractivity contribution in [3.05, 3.63) is 28.2 Å². The molecule has 1 saturated carbocycles. The van der Waals surface area contributed by atoms with Crippen LogP contribution in [0.4, 0.5) is 5.69 Å². The van der Waals surface area contributed by atoms with Crippen molar-refractivity contribution in [2.75, 3.05) is 24.5 Å². The van der Waals surface area contributed by atoms with Crippen molar-refractivity contribution >= 4 is 21.6 Å². The second kappa shape index (κ2) is 6.07. The Morgan fingerprint density at radius 1 is 1.15 bits per heavy atom.